The molecule has 1 aromatic rings. The topological polar surface area (TPSA) is 44.5 Å². The molecule has 0 amide bonds. The van der Waals surface area contributed by atoms with E-state index in [4.69, 9.17) is 15.2 Å². The first-order chi connectivity index (χ1) is 8.06. The first-order valence-electron chi connectivity index (χ1n) is 5.73. The lowest BCUT2D eigenvalue weighted by Crippen LogP contribution is -2.32. The molecule has 0 heterocycles. The Morgan fingerprint density at radius 3 is 2.18 bits per heavy atom. The molecule has 17 heavy (non-hydrogen) atoms. The Morgan fingerprint density at radius 1 is 1.24 bits per heavy atom. The van der Waals surface area contributed by atoms with Crippen LogP contribution in [0.25, 0.3) is 0 Å². The second kappa shape index (κ2) is 4.18. The number of nitrogens with two attached hydrogens (primary N) is 1. The summed E-state index contributed by atoms with van der Waals surface area (Å²) < 4.78 is 24.6. The van der Waals surface area contributed by atoms with Crippen molar-refractivity contribution >= 4 is 0 Å². The van der Waals surface area contributed by atoms with E-state index in [-0.39, 0.29) is 23.0 Å². The summed E-state index contributed by atoms with van der Waals surface area (Å²) in [6.45, 7) is 1.91. The van der Waals surface area contributed by atoms with Gasteiger partial charge in [0.2, 0.25) is 0 Å². The van der Waals surface area contributed by atoms with Gasteiger partial charge in [0.1, 0.15) is 5.75 Å². The monoisotopic (exact) mass is 239 g/mol. The van der Waals surface area contributed by atoms with Gasteiger partial charge in [0.25, 0.3) is 0 Å². The molecule has 1 aliphatic rings. The number of methoxy groups -OCH3 is 2. The van der Waals surface area contributed by atoms with Crippen LogP contribution in [0.15, 0.2) is 12.1 Å². The van der Waals surface area contributed by atoms with Crippen LogP contribution >= 0.6 is 0 Å². The van der Waals surface area contributed by atoms with E-state index >= 15 is 0 Å². The first kappa shape index (κ1) is 12.2. The lowest BCUT2D eigenvalue weighted by Gasteiger charge is -2.23. The summed E-state index contributed by atoms with van der Waals surface area (Å²) in [6, 6.07) is 3.22. The average molecular weight is 239 g/mol. The van der Waals surface area contributed by atoms with Crippen LogP contribution in [0, 0.1) is 5.82 Å². The summed E-state index contributed by atoms with van der Waals surface area (Å²) in [5.74, 6) is 0.451. The van der Waals surface area contributed by atoms with Crippen LogP contribution in [0.1, 0.15) is 25.3 Å². The van der Waals surface area contributed by atoms with Crippen molar-refractivity contribution in [3.63, 3.8) is 0 Å². The Labute approximate surface area is 101 Å². The molecule has 0 aromatic heterocycles. The van der Waals surface area contributed by atoms with Crippen LogP contribution in [-0.2, 0) is 5.41 Å². The summed E-state index contributed by atoms with van der Waals surface area (Å²) in [7, 11) is 3.00. The Hall–Kier alpha value is -1.29. The van der Waals surface area contributed by atoms with E-state index in [0.717, 1.165) is 12.8 Å². The first-order valence-corrected chi connectivity index (χ1v) is 5.73. The third kappa shape index (κ3) is 1.76. The van der Waals surface area contributed by atoms with Crippen LogP contribution in [0.3, 0.4) is 0 Å². The number of rotatable bonds is 4. The van der Waals surface area contributed by atoms with Gasteiger partial charge in [-0.1, -0.05) is 0 Å². The zero-order chi connectivity index (χ0) is 12.6. The molecular weight excluding hydrogens is 221 g/mol. The van der Waals surface area contributed by atoms with E-state index in [1.54, 1.807) is 19.2 Å². The van der Waals surface area contributed by atoms with Gasteiger partial charge in [-0.15, -0.1) is 0 Å². The molecule has 0 bridgehead atoms. The molecule has 3 nitrogen and oxygen atoms in total. The molecule has 1 fully saturated rings. The van der Waals surface area contributed by atoms with Crippen molar-refractivity contribution < 1.29 is 13.9 Å². The Balaban J connectivity index is 2.58. The Kier molecular flexibility index (Phi) is 3.00. The highest BCUT2D eigenvalue weighted by molar-refractivity contribution is 5.50. The number of ether oxygens (including phenoxy) is 2. The van der Waals surface area contributed by atoms with E-state index in [1.165, 1.54) is 7.11 Å². The fourth-order valence-electron chi connectivity index (χ4n) is 2.40. The molecule has 94 valence electrons. The molecule has 0 radical (unpaired) electrons. The van der Waals surface area contributed by atoms with E-state index in [0.29, 0.717) is 11.3 Å². The highest BCUT2D eigenvalue weighted by Crippen LogP contribution is 2.55. The average Bonchev–Trinajstić information content (AvgIpc) is 3.09. The van der Waals surface area contributed by atoms with E-state index < -0.39 is 0 Å². The number of hydrogen-bond acceptors (Lipinski definition) is 3. The van der Waals surface area contributed by atoms with Gasteiger partial charge in [0, 0.05) is 17.0 Å². The highest BCUT2D eigenvalue weighted by Gasteiger charge is 2.51. The predicted molar refractivity (Wildman–Crippen MR) is 64.1 cm³/mol. The van der Waals surface area contributed by atoms with Crippen molar-refractivity contribution in [1.29, 1.82) is 0 Å². The van der Waals surface area contributed by atoms with Gasteiger partial charge in [0.05, 0.1) is 14.2 Å². The SMILES string of the molecule is COc1ccc(OC)c(C2(C(C)N)CC2)c1F. The van der Waals surface area contributed by atoms with Crippen molar-refractivity contribution in [3.05, 3.63) is 23.5 Å². The molecule has 1 atom stereocenters. The highest BCUT2D eigenvalue weighted by atomic mass is 19.1. The molecular formula is C13H18FNO2. The molecule has 2 rings (SSSR count). The third-order valence-corrected chi connectivity index (χ3v) is 3.67. The van der Waals surface area contributed by atoms with Gasteiger partial charge in [-0.05, 0) is 31.9 Å². The molecule has 1 aromatic carbocycles. The largest absolute Gasteiger partial charge is 0.496 e. The van der Waals surface area contributed by atoms with Crippen LogP contribution in [0.5, 0.6) is 11.5 Å². The minimum absolute atomic E-state index is 0.0991. The standard InChI is InChI=1S/C13H18FNO2/c1-8(15)13(6-7-13)11-9(16-2)4-5-10(17-3)12(11)14/h4-5,8H,6-7,15H2,1-3H3. The second-order valence-corrected chi connectivity index (χ2v) is 4.60. The Morgan fingerprint density at radius 2 is 1.76 bits per heavy atom. The van der Waals surface area contributed by atoms with Gasteiger partial charge < -0.3 is 15.2 Å². The summed E-state index contributed by atoms with van der Waals surface area (Å²) in [5.41, 5.74) is 6.26. The van der Waals surface area contributed by atoms with Gasteiger partial charge in [-0.3, -0.25) is 0 Å². The summed E-state index contributed by atoms with van der Waals surface area (Å²) >= 11 is 0. The number of halogens is 1. The van der Waals surface area contributed by atoms with Gasteiger partial charge in [0.15, 0.2) is 11.6 Å². The summed E-state index contributed by atoms with van der Waals surface area (Å²) in [4.78, 5) is 0. The molecule has 1 saturated carbocycles. The molecule has 0 spiro atoms. The smallest absolute Gasteiger partial charge is 0.172 e. The molecule has 1 aliphatic carbocycles. The third-order valence-electron chi connectivity index (χ3n) is 3.67. The minimum atomic E-state index is -0.346. The number of benzene rings is 1. The van der Waals surface area contributed by atoms with E-state index in [9.17, 15) is 4.39 Å². The van der Waals surface area contributed by atoms with Crippen molar-refractivity contribution in [3.8, 4) is 11.5 Å². The maximum Gasteiger partial charge on any atom is 0.172 e. The van der Waals surface area contributed by atoms with Crippen LogP contribution in [0.2, 0.25) is 0 Å². The number of hydrogen-bond donors (Lipinski definition) is 1. The Bertz CT molecular complexity index is 428. The molecule has 2 N–H and O–H groups in total. The van der Waals surface area contributed by atoms with Crippen LogP contribution in [-0.4, -0.2) is 20.3 Å². The fourth-order valence-corrected chi connectivity index (χ4v) is 2.40. The fraction of sp³-hybridized carbons (Fsp3) is 0.538. The van der Waals surface area contributed by atoms with Crippen LogP contribution < -0.4 is 15.2 Å². The lowest BCUT2D eigenvalue weighted by atomic mass is 9.88. The minimum Gasteiger partial charge on any atom is -0.496 e. The lowest BCUT2D eigenvalue weighted by molar-refractivity contribution is 0.360. The van der Waals surface area contributed by atoms with Gasteiger partial charge >= 0.3 is 0 Å². The molecule has 0 aliphatic heterocycles. The molecule has 1 unspecified atom stereocenters. The maximum absolute atomic E-state index is 14.4. The molecule has 4 heteroatoms. The van der Waals surface area contributed by atoms with Crippen molar-refractivity contribution in [2.24, 2.45) is 5.73 Å². The van der Waals surface area contributed by atoms with Crippen molar-refractivity contribution in [2.75, 3.05) is 14.2 Å². The van der Waals surface area contributed by atoms with Gasteiger partial charge in [-0.25, -0.2) is 4.39 Å². The normalized spacial score (nSPS) is 18.6. The quantitative estimate of drug-likeness (QED) is 0.876. The molecule has 0 saturated heterocycles. The zero-order valence-electron chi connectivity index (χ0n) is 10.4. The predicted octanol–water partition coefficient (Wildman–Crippen LogP) is 2.22. The van der Waals surface area contributed by atoms with Crippen molar-refractivity contribution in [1.82, 2.24) is 0 Å². The van der Waals surface area contributed by atoms with Gasteiger partial charge in [-0.2, -0.15) is 0 Å². The second-order valence-electron chi connectivity index (χ2n) is 4.60. The summed E-state index contributed by atoms with van der Waals surface area (Å²) in [6.07, 6.45) is 1.79. The van der Waals surface area contributed by atoms with Crippen molar-refractivity contribution in [2.45, 2.75) is 31.2 Å². The maximum atomic E-state index is 14.4. The van der Waals surface area contributed by atoms with E-state index in [1.807, 2.05) is 6.92 Å². The van der Waals surface area contributed by atoms with E-state index in [2.05, 4.69) is 0 Å². The zero-order valence-corrected chi connectivity index (χ0v) is 10.4. The van der Waals surface area contributed by atoms with Crippen LogP contribution in [0.4, 0.5) is 4.39 Å². The summed E-state index contributed by atoms with van der Waals surface area (Å²) in [5, 5.41) is 0.